The first-order valence-electron chi connectivity index (χ1n) is 6.30. The molecule has 1 aromatic carbocycles. The molecule has 0 unspecified atom stereocenters. The minimum Gasteiger partial charge on any atom is -0.366 e. The van der Waals surface area contributed by atoms with Gasteiger partial charge in [0, 0.05) is 13.6 Å². The van der Waals surface area contributed by atoms with Gasteiger partial charge in [-0.3, -0.25) is 9.59 Å². The summed E-state index contributed by atoms with van der Waals surface area (Å²) in [6.07, 6.45) is -0.304. The summed E-state index contributed by atoms with van der Waals surface area (Å²) < 4.78 is 5.34. The summed E-state index contributed by atoms with van der Waals surface area (Å²) in [5, 5.41) is 2.59. The van der Waals surface area contributed by atoms with Crippen LogP contribution < -0.4 is 5.32 Å². The zero-order chi connectivity index (χ0) is 13.8. The Kier molecular flexibility index (Phi) is 4.16. The molecule has 5 nitrogen and oxygen atoms in total. The first-order chi connectivity index (χ1) is 9.13. The lowest BCUT2D eigenvalue weighted by atomic mass is 10.1. The second-order valence-electron chi connectivity index (χ2n) is 4.58. The second-order valence-corrected chi connectivity index (χ2v) is 4.58. The molecule has 5 heteroatoms. The molecule has 1 saturated heterocycles. The predicted octanol–water partition coefficient (Wildman–Crippen LogP) is 0.548. The summed E-state index contributed by atoms with van der Waals surface area (Å²) in [5.41, 5.74) is 0.999. The fraction of sp³-hybridized carbons (Fsp3) is 0.429. The van der Waals surface area contributed by atoms with Crippen molar-refractivity contribution >= 4 is 11.8 Å². The Hall–Kier alpha value is -1.88. The lowest BCUT2D eigenvalue weighted by Crippen LogP contribution is -2.59. The highest BCUT2D eigenvalue weighted by Gasteiger charge is 2.38. The Morgan fingerprint density at radius 1 is 1.42 bits per heavy atom. The topological polar surface area (TPSA) is 58.6 Å². The maximum atomic E-state index is 12.0. The fourth-order valence-electron chi connectivity index (χ4n) is 2.25. The number of hydrogen-bond donors (Lipinski definition) is 1. The summed E-state index contributed by atoms with van der Waals surface area (Å²) in [5.74, 6) is -0.355. The van der Waals surface area contributed by atoms with Gasteiger partial charge in [0.15, 0.2) is 0 Å². The summed E-state index contributed by atoms with van der Waals surface area (Å²) in [6.45, 7) is 2.26. The van der Waals surface area contributed by atoms with Crippen LogP contribution in [-0.2, 0) is 20.9 Å². The van der Waals surface area contributed by atoms with Crippen LogP contribution in [0.25, 0.3) is 0 Å². The molecule has 1 aliphatic rings. The van der Waals surface area contributed by atoms with E-state index in [0.29, 0.717) is 6.54 Å². The van der Waals surface area contributed by atoms with Gasteiger partial charge in [-0.15, -0.1) is 0 Å². The molecule has 0 aliphatic carbocycles. The maximum absolute atomic E-state index is 12.0. The molecule has 0 bridgehead atoms. The highest BCUT2D eigenvalue weighted by Crippen LogP contribution is 2.18. The van der Waals surface area contributed by atoms with Gasteiger partial charge in [0.1, 0.15) is 12.6 Å². The number of benzene rings is 1. The lowest BCUT2D eigenvalue weighted by Gasteiger charge is -2.38. The number of nitrogens with zero attached hydrogens (tertiary/aromatic N) is 1. The predicted molar refractivity (Wildman–Crippen MR) is 70.3 cm³/mol. The molecule has 1 aromatic rings. The van der Waals surface area contributed by atoms with Crippen molar-refractivity contribution in [2.45, 2.75) is 25.6 Å². The van der Waals surface area contributed by atoms with Gasteiger partial charge >= 0.3 is 0 Å². The van der Waals surface area contributed by atoms with Gasteiger partial charge in [0.2, 0.25) is 11.8 Å². The monoisotopic (exact) mass is 262 g/mol. The average molecular weight is 262 g/mol. The maximum Gasteiger partial charge on any atom is 0.249 e. The van der Waals surface area contributed by atoms with Crippen LogP contribution in [0, 0.1) is 0 Å². The Balaban J connectivity index is 2.22. The van der Waals surface area contributed by atoms with Crippen LogP contribution in [0.2, 0.25) is 0 Å². The highest BCUT2D eigenvalue weighted by atomic mass is 16.5. The zero-order valence-electron chi connectivity index (χ0n) is 11.1. The van der Waals surface area contributed by atoms with E-state index in [1.165, 1.54) is 0 Å². The molecule has 19 heavy (non-hydrogen) atoms. The zero-order valence-corrected chi connectivity index (χ0v) is 11.1. The van der Waals surface area contributed by atoms with E-state index >= 15 is 0 Å². The number of carbonyl (C=O) groups is 2. The molecule has 1 heterocycles. The summed E-state index contributed by atoms with van der Waals surface area (Å²) >= 11 is 0. The average Bonchev–Trinajstić information content (AvgIpc) is 2.43. The summed E-state index contributed by atoms with van der Waals surface area (Å²) in [4.78, 5) is 25.5. The van der Waals surface area contributed by atoms with Crippen LogP contribution in [0.4, 0.5) is 0 Å². The van der Waals surface area contributed by atoms with Crippen molar-refractivity contribution < 1.29 is 14.3 Å². The molecule has 0 spiro atoms. The third-order valence-electron chi connectivity index (χ3n) is 3.28. The molecule has 0 saturated carbocycles. The summed E-state index contributed by atoms with van der Waals surface area (Å²) in [6, 6.07) is 9.05. The highest BCUT2D eigenvalue weighted by molar-refractivity contribution is 5.89. The van der Waals surface area contributed by atoms with Gasteiger partial charge < -0.3 is 15.0 Å². The van der Waals surface area contributed by atoms with E-state index in [0.717, 1.165) is 5.56 Å². The molecule has 2 atom stereocenters. The van der Waals surface area contributed by atoms with Gasteiger partial charge in [-0.25, -0.2) is 0 Å². The molecular formula is C14H18N2O3. The van der Waals surface area contributed by atoms with Crippen molar-refractivity contribution in [3.8, 4) is 0 Å². The third kappa shape index (κ3) is 2.93. The van der Waals surface area contributed by atoms with Crippen LogP contribution in [0.5, 0.6) is 0 Å². The van der Waals surface area contributed by atoms with E-state index < -0.39 is 6.04 Å². The minimum absolute atomic E-state index is 0.0293. The second kappa shape index (κ2) is 5.84. The molecular weight excluding hydrogens is 244 g/mol. The van der Waals surface area contributed by atoms with Crippen LogP contribution in [-0.4, -0.2) is 42.5 Å². The van der Waals surface area contributed by atoms with E-state index in [1.54, 1.807) is 11.9 Å². The normalized spacial score (nSPS) is 23.3. The van der Waals surface area contributed by atoms with Crippen molar-refractivity contribution in [1.29, 1.82) is 0 Å². The van der Waals surface area contributed by atoms with E-state index in [1.807, 2.05) is 37.3 Å². The molecule has 2 amide bonds. The first kappa shape index (κ1) is 13.5. The largest absolute Gasteiger partial charge is 0.366 e. The van der Waals surface area contributed by atoms with E-state index in [2.05, 4.69) is 5.32 Å². The smallest absolute Gasteiger partial charge is 0.249 e. The van der Waals surface area contributed by atoms with Crippen molar-refractivity contribution in [3.05, 3.63) is 35.9 Å². The van der Waals surface area contributed by atoms with Gasteiger partial charge in [-0.1, -0.05) is 30.3 Å². The molecule has 102 valence electrons. The van der Waals surface area contributed by atoms with Crippen molar-refractivity contribution in [2.24, 2.45) is 0 Å². The van der Waals surface area contributed by atoms with Crippen LogP contribution in [0.15, 0.2) is 30.3 Å². The third-order valence-corrected chi connectivity index (χ3v) is 3.28. The fourth-order valence-corrected chi connectivity index (χ4v) is 2.25. The van der Waals surface area contributed by atoms with Gasteiger partial charge in [0.25, 0.3) is 0 Å². The Labute approximate surface area is 112 Å². The van der Waals surface area contributed by atoms with E-state index in [4.69, 9.17) is 4.74 Å². The molecule has 1 aliphatic heterocycles. The van der Waals surface area contributed by atoms with E-state index in [9.17, 15) is 9.59 Å². The van der Waals surface area contributed by atoms with E-state index in [-0.39, 0.29) is 24.5 Å². The van der Waals surface area contributed by atoms with Gasteiger partial charge in [0.05, 0.1) is 6.10 Å². The number of hydrogen-bond acceptors (Lipinski definition) is 3. The Bertz CT molecular complexity index is 461. The number of rotatable bonds is 3. The number of carbonyl (C=O) groups excluding carboxylic acids is 2. The number of morpholine rings is 1. The van der Waals surface area contributed by atoms with Crippen LogP contribution in [0.3, 0.4) is 0 Å². The molecule has 0 aromatic heterocycles. The van der Waals surface area contributed by atoms with Crippen molar-refractivity contribution in [1.82, 2.24) is 10.2 Å². The number of ether oxygens (including phenoxy) is 1. The lowest BCUT2D eigenvalue weighted by molar-refractivity contribution is -0.163. The molecule has 1 N–H and O–H groups in total. The Morgan fingerprint density at radius 2 is 2.11 bits per heavy atom. The van der Waals surface area contributed by atoms with Crippen LogP contribution >= 0.6 is 0 Å². The number of amides is 2. The van der Waals surface area contributed by atoms with Crippen LogP contribution in [0.1, 0.15) is 12.5 Å². The molecule has 1 fully saturated rings. The quantitative estimate of drug-likeness (QED) is 0.865. The number of nitrogens with one attached hydrogen (secondary N) is 1. The molecule has 2 rings (SSSR count). The minimum atomic E-state index is -0.577. The van der Waals surface area contributed by atoms with Crippen molar-refractivity contribution in [2.75, 3.05) is 13.7 Å². The standard InChI is InChI=1S/C14H18N2O3/c1-10-13(14(18)15-2)16(12(17)9-19-10)8-11-6-4-3-5-7-11/h3-7,10,13H,8-9H2,1-2H3,(H,15,18)/t10-,13+/m1/s1. The SMILES string of the molecule is CNC(=O)[C@@H]1[C@@H](C)OCC(=O)N1Cc1ccccc1. The van der Waals surface area contributed by atoms with Crippen molar-refractivity contribution in [3.63, 3.8) is 0 Å². The Morgan fingerprint density at radius 3 is 2.74 bits per heavy atom. The summed E-state index contributed by atoms with van der Waals surface area (Å²) in [7, 11) is 1.56. The molecule has 0 radical (unpaired) electrons. The van der Waals surface area contributed by atoms with Gasteiger partial charge in [-0.2, -0.15) is 0 Å². The first-order valence-corrected chi connectivity index (χ1v) is 6.30. The van der Waals surface area contributed by atoms with Gasteiger partial charge in [-0.05, 0) is 12.5 Å². The number of likely N-dealkylation sites (N-methyl/N-ethyl adjacent to an activating group) is 1.